The molecule has 3 unspecified atom stereocenters. The summed E-state index contributed by atoms with van der Waals surface area (Å²) in [4.78, 5) is 0. The number of benzene rings is 1. The van der Waals surface area contributed by atoms with Gasteiger partial charge in [-0.05, 0) is 37.8 Å². The average molecular weight is 291 g/mol. The molecule has 1 fully saturated rings. The van der Waals surface area contributed by atoms with Crippen molar-refractivity contribution < 1.29 is 9.84 Å². The summed E-state index contributed by atoms with van der Waals surface area (Å²) in [6.45, 7) is 5.27. The number of anilines is 1. The fourth-order valence-corrected chi connectivity index (χ4v) is 3.06. The Balaban J connectivity index is 1.69. The van der Waals surface area contributed by atoms with Crippen molar-refractivity contribution in [1.82, 2.24) is 0 Å². The number of hydrogen-bond donors (Lipinski definition) is 2. The van der Waals surface area contributed by atoms with Gasteiger partial charge >= 0.3 is 0 Å². The van der Waals surface area contributed by atoms with Gasteiger partial charge in [0.25, 0.3) is 0 Å². The highest BCUT2D eigenvalue weighted by Crippen LogP contribution is 2.29. The molecule has 2 rings (SSSR count). The molecule has 1 aliphatic carbocycles. The fourth-order valence-electron chi connectivity index (χ4n) is 3.06. The zero-order valence-electron chi connectivity index (χ0n) is 13.3. The van der Waals surface area contributed by atoms with Crippen LogP contribution in [0.5, 0.6) is 0 Å². The van der Waals surface area contributed by atoms with Crippen molar-refractivity contribution in [2.24, 2.45) is 5.92 Å². The number of hydrogen-bond acceptors (Lipinski definition) is 3. The van der Waals surface area contributed by atoms with Crippen LogP contribution in [0.3, 0.4) is 0 Å². The predicted molar refractivity (Wildman–Crippen MR) is 87.7 cm³/mol. The molecule has 118 valence electrons. The lowest BCUT2D eigenvalue weighted by Crippen LogP contribution is -2.32. The van der Waals surface area contributed by atoms with Gasteiger partial charge < -0.3 is 15.2 Å². The van der Waals surface area contributed by atoms with Crippen LogP contribution in [0.4, 0.5) is 5.69 Å². The van der Waals surface area contributed by atoms with Crippen molar-refractivity contribution in [2.45, 2.75) is 58.2 Å². The van der Waals surface area contributed by atoms with E-state index in [2.05, 4.69) is 31.3 Å². The van der Waals surface area contributed by atoms with Crippen LogP contribution in [0.2, 0.25) is 0 Å². The summed E-state index contributed by atoms with van der Waals surface area (Å²) in [5.74, 6) is 0.677. The number of aliphatic hydroxyl groups excluding tert-OH is 1. The standard InChI is InChI=1S/C18H29NO2/c1-3-15-6-4-5-7-18(15)21-13-17(20)12-19-16-10-8-14(2)9-11-16/h8-11,15,17-20H,3-7,12-13H2,1-2H3. The number of aryl methyl sites for hydroxylation is 1. The molecule has 2 N–H and O–H groups in total. The minimum atomic E-state index is -0.453. The smallest absolute Gasteiger partial charge is 0.0945 e. The monoisotopic (exact) mass is 291 g/mol. The highest BCUT2D eigenvalue weighted by molar-refractivity contribution is 5.44. The minimum absolute atomic E-state index is 0.345. The first kappa shape index (κ1) is 16.3. The van der Waals surface area contributed by atoms with Crippen LogP contribution < -0.4 is 5.32 Å². The average Bonchev–Trinajstić information content (AvgIpc) is 2.52. The van der Waals surface area contributed by atoms with E-state index in [4.69, 9.17) is 4.74 Å². The first-order valence-corrected chi connectivity index (χ1v) is 8.29. The molecule has 3 nitrogen and oxygen atoms in total. The second-order valence-electron chi connectivity index (χ2n) is 6.23. The summed E-state index contributed by atoms with van der Waals surface area (Å²) in [5, 5.41) is 13.3. The Morgan fingerprint density at radius 2 is 1.95 bits per heavy atom. The Morgan fingerprint density at radius 1 is 1.24 bits per heavy atom. The normalized spacial score (nSPS) is 23.8. The van der Waals surface area contributed by atoms with E-state index < -0.39 is 6.10 Å². The van der Waals surface area contributed by atoms with Crippen molar-refractivity contribution in [3.05, 3.63) is 29.8 Å². The Morgan fingerprint density at radius 3 is 2.67 bits per heavy atom. The van der Waals surface area contributed by atoms with Crippen molar-refractivity contribution >= 4 is 5.69 Å². The Labute approximate surface area is 128 Å². The molecule has 0 amide bonds. The maximum absolute atomic E-state index is 10.1. The first-order valence-electron chi connectivity index (χ1n) is 8.29. The summed E-state index contributed by atoms with van der Waals surface area (Å²) in [7, 11) is 0. The molecular formula is C18H29NO2. The van der Waals surface area contributed by atoms with Crippen LogP contribution >= 0.6 is 0 Å². The summed E-state index contributed by atoms with van der Waals surface area (Å²) in [6.07, 6.45) is 6.09. The molecule has 0 saturated heterocycles. The molecule has 3 atom stereocenters. The van der Waals surface area contributed by atoms with Crippen molar-refractivity contribution in [3.63, 3.8) is 0 Å². The molecule has 0 spiro atoms. The van der Waals surface area contributed by atoms with E-state index in [1.54, 1.807) is 0 Å². The molecular weight excluding hydrogens is 262 g/mol. The summed E-state index contributed by atoms with van der Waals surface area (Å²) >= 11 is 0. The van der Waals surface area contributed by atoms with Gasteiger partial charge in [0.1, 0.15) is 0 Å². The number of nitrogens with one attached hydrogen (secondary N) is 1. The van der Waals surface area contributed by atoms with E-state index in [9.17, 15) is 5.11 Å². The lowest BCUT2D eigenvalue weighted by atomic mass is 9.85. The molecule has 3 heteroatoms. The second kappa shape index (κ2) is 8.40. The van der Waals surface area contributed by atoms with E-state index >= 15 is 0 Å². The van der Waals surface area contributed by atoms with Gasteiger partial charge in [-0.1, -0.05) is 43.9 Å². The van der Waals surface area contributed by atoms with Crippen LogP contribution in [0.1, 0.15) is 44.6 Å². The molecule has 0 aromatic heterocycles. The van der Waals surface area contributed by atoms with Gasteiger partial charge in [0.2, 0.25) is 0 Å². The third kappa shape index (κ3) is 5.33. The van der Waals surface area contributed by atoms with Gasteiger partial charge in [0.05, 0.1) is 18.8 Å². The quantitative estimate of drug-likeness (QED) is 0.804. The third-order valence-corrected chi connectivity index (χ3v) is 4.46. The van der Waals surface area contributed by atoms with Crippen molar-refractivity contribution in [3.8, 4) is 0 Å². The van der Waals surface area contributed by atoms with Crippen LogP contribution in [-0.4, -0.2) is 30.5 Å². The Bertz CT molecular complexity index is 404. The molecule has 21 heavy (non-hydrogen) atoms. The van der Waals surface area contributed by atoms with Gasteiger partial charge in [0.15, 0.2) is 0 Å². The van der Waals surface area contributed by atoms with Crippen LogP contribution in [-0.2, 0) is 4.74 Å². The Kier molecular flexibility index (Phi) is 6.52. The number of rotatable bonds is 7. The van der Waals surface area contributed by atoms with Gasteiger partial charge in [-0.25, -0.2) is 0 Å². The van der Waals surface area contributed by atoms with E-state index in [1.807, 2.05) is 12.1 Å². The van der Waals surface area contributed by atoms with Gasteiger partial charge in [-0.2, -0.15) is 0 Å². The molecule has 1 aromatic rings. The van der Waals surface area contributed by atoms with Crippen LogP contribution in [0, 0.1) is 12.8 Å². The zero-order valence-corrected chi connectivity index (χ0v) is 13.3. The van der Waals surface area contributed by atoms with E-state index in [1.165, 1.54) is 31.2 Å². The largest absolute Gasteiger partial charge is 0.389 e. The summed E-state index contributed by atoms with van der Waals surface area (Å²) < 4.78 is 5.97. The van der Waals surface area contributed by atoms with Crippen molar-refractivity contribution in [2.75, 3.05) is 18.5 Å². The maximum atomic E-state index is 10.1. The third-order valence-electron chi connectivity index (χ3n) is 4.46. The zero-order chi connectivity index (χ0) is 15.1. The molecule has 0 heterocycles. The number of ether oxygens (including phenoxy) is 1. The second-order valence-corrected chi connectivity index (χ2v) is 6.23. The number of aliphatic hydroxyl groups is 1. The Hall–Kier alpha value is -1.06. The molecule has 1 aromatic carbocycles. The minimum Gasteiger partial charge on any atom is -0.389 e. The maximum Gasteiger partial charge on any atom is 0.0945 e. The van der Waals surface area contributed by atoms with Crippen LogP contribution in [0.25, 0.3) is 0 Å². The topological polar surface area (TPSA) is 41.5 Å². The van der Waals surface area contributed by atoms with Gasteiger partial charge in [-0.15, -0.1) is 0 Å². The first-order chi connectivity index (χ1) is 10.2. The van der Waals surface area contributed by atoms with Gasteiger partial charge in [-0.3, -0.25) is 0 Å². The molecule has 0 bridgehead atoms. The lowest BCUT2D eigenvalue weighted by Gasteiger charge is -2.31. The van der Waals surface area contributed by atoms with Crippen molar-refractivity contribution in [1.29, 1.82) is 0 Å². The highest BCUT2D eigenvalue weighted by Gasteiger charge is 2.24. The fraction of sp³-hybridized carbons (Fsp3) is 0.667. The van der Waals surface area contributed by atoms with Crippen LogP contribution in [0.15, 0.2) is 24.3 Å². The SMILES string of the molecule is CCC1CCCCC1OCC(O)CNc1ccc(C)cc1. The van der Waals surface area contributed by atoms with E-state index in [-0.39, 0.29) is 0 Å². The molecule has 0 radical (unpaired) electrons. The predicted octanol–water partition coefficient (Wildman–Crippen LogP) is 3.75. The molecule has 1 saturated carbocycles. The van der Waals surface area contributed by atoms with E-state index in [0.29, 0.717) is 25.2 Å². The lowest BCUT2D eigenvalue weighted by molar-refractivity contribution is -0.0473. The molecule has 0 aliphatic heterocycles. The molecule has 1 aliphatic rings. The summed E-state index contributed by atoms with van der Waals surface area (Å²) in [5.41, 5.74) is 2.29. The van der Waals surface area contributed by atoms with Gasteiger partial charge in [0, 0.05) is 12.2 Å². The summed E-state index contributed by atoms with van der Waals surface area (Å²) in [6, 6.07) is 8.21. The highest BCUT2D eigenvalue weighted by atomic mass is 16.5. The van der Waals surface area contributed by atoms with E-state index in [0.717, 1.165) is 12.1 Å².